The zero-order valence-electron chi connectivity index (χ0n) is 8.38. The maximum Gasteiger partial charge on any atom is 0.0991 e. The molecule has 1 aromatic carbocycles. The van der Waals surface area contributed by atoms with Crippen LogP contribution in [0.15, 0.2) is 18.2 Å². The molecule has 1 fully saturated rings. The van der Waals surface area contributed by atoms with Crippen molar-refractivity contribution in [3.8, 4) is 6.07 Å². The fraction of sp³-hybridized carbons (Fsp3) is 0.417. The molecule has 0 bridgehead atoms. The van der Waals surface area contributed by atoms with Crippen molar-refractivity contribution >= 4 is 0 Å². The summed E-state index contributed by atoms with van der Waals surface area (Å²) in [5.74, 6) is 0. The number of nitrogens with one attached hydrogen (secondary N) is 1. The molecule has 2 rings (SSSR count). The van der Waals surface area contributed by atoms with Crippen molar-refractivity contribution in [2.24, 2.45) is 0 Å². The van der Waals surface area contributed by atoms with Crippen LogP contribution in [0.3, 0.4) is 0 Å². The summed E-state index contributed by atoms with van der Waals surface area (Å²) in [7, 11) is 0. The highest BCUT2D eigenvalue weighted by molar-refractivity contribution is 5.39. The predicted octanol–water partition coefficient (Wildman–Crippen LogP) is 2.29. The first-order valence-corrected chi connectivity index (χ1v) is 5.05. The molecule has 1 aliphatic heterocycles. The Morgan fingerprint density at radius 1 is 1.50 bits per heavy atom. The third-order valence-corrected chi connectivity index (χ3v) is 2.83. The summed E-state index contributed by atoms with van der Waals surface area (Å²) < 4.78 is 0. The minimum absolute atomic E-state index is 0.503. The van der Waals surface area contributed by atoms with Crippen LogP contribution in [0.5, 0.6) is 0 Å². The first-order chi connectivity index (χ1) is 6.81. The van der Waals surface area contributed by atoms with Gasteiger partial charge in [-0.25, -0.2) is 0 Å². The zero-order valence-corrected chi connectivity index (χ0v) is 8.38. The Labute approximate surface area is 84.6 Å². The van der Waals surface area contributed by atoms with E-state index in [1.165, 1.54) is 24.0 Å². The maximum absolute atomic E-state index is 8.75. The van der Waals surface area contributed by atoms with Crippen LogP contribution in [0.2, 0.25) is 0 Å². The number of benzene rings is 1. The summed E-state index contributed by atoms with van der Waals surface area (Å²) in [6.07, 6.45) is 2.47. The van der Waals surface area contributed by atoms with Crippen molar-refractivity contribution in [3.05, 3.63) is 34.9 Å². The first-order valence-electron chi connectivity index (χ1n) is 5.05. The number of rotatable bonds is 1. The lowest BCUT2D eigenvalue weighted by atomic mass is 9.98. The molecule has 0 radical (unpaired) electrons. The van der Waals surface area contributed by atoms with E-state index < -0.39 is 0 Å². The molecular formula is C12H14N2. The molecule has 2 nitrogen and oxygen atoms in total. The molecule has 14 heavy (non-hydrogen) atoms. The minimum Gasteiger partial charge on any atom is -0.310 e. The third-order valence-electron chi connectivity index (χ3n) is 2.83. The molecule has 0 amide bonds. The minimum atomic E-state index is 0.503. The van der Waals surface area contributed by atoms with Gasteiger partial charge in [-0.3, -0.25) is 0 Å². The number of nitriles is 1. The van der Waals surface area contributed by atoms with Crippen molar-refractivity contribution < 1.29 is 0 Å². The van der Waals surface area contributed by atoms with E-state index in [4.69, 9.17) is 5.26 Å². The fourth-order valence-corrected chi connectivity index (χ4v) is 2.09. The molecule has 0 aromatic heterocycles. The van der Waals surface area contributed by atoms with Crippen LogP contribution in [0.4, 0.5) is 0 Å². The summed E-state index contributed by atoms with van der Waals surface area (Å²) in [5, 5.41) is 12.2. The molecule has 1 aliphatic rings. The van der Waals surface area contributed by atoms with Crippen molar-refractivity contribution in [2.45, 2.75) is 25.8 Å². The average molecular weight is 186 g/mol. The Morgan fingerprint density at radius 2 is 2.36 bits per heavy atom. The lowest BCUT2D eigenvalue weighted by Crippen LogP contribution is -2.13. The molecule has 1 saturated heterocycles. The van der Waals surface area contributed by atoms with E-state index in [0.29, 0.717) is 6.04 Å². The summed E-state index contributed by atoms with van der Waals surface area (Å²) in [5.41, 5.74) is 3.33. The van der Waals surface area contributed by atoms with Crippen LogP contribution >= 0.6 is 0 Å². The van der Waals surface area contributed by atoms with E-state index >= 15 is 0 Å². The summed E-state index contributed by atoms with van der Waals surface area (Å²) in [4.78, 5) is 0. The van der Waals surface area contributed by atoms with Gasteiger partial charge in [0.1, 0.15) is 0 Å². The lowest BCUT2D eigenvalue weighted by molar-refractivity contribution is 0.644. The second-order valence-corrected chi connectivity index (χ2v) is 3.83. The van der Waals surface area contributed by atoms with Gasteiger partial charge >= 0.3 is 0 Å². The molecule has 0 aliphatic carbocycles. The van der Waals surface area contributed by atoms with Crippen molar-refractivity contribution in [2.75, 3.05) is 6.54 Å². The lowest BCUT2D eigenvalue weighted by Gasteiger charge is -2.13. The van der Waals surface area contributed by atoms with Crippen LogP contribution in [0, 0.1) is 18.3 Å². The van der Waals surface area contributed by atoms with Crippen molar-refractivity contribution in [1.82, 2.24) is 5.32 Å². The molecule has 1 N–H and O–H groups in total. The van der Waals surface area contributed by atoms with Gasteiger partial charge in [0.05, 0.1) is 11.6 Å². The summed E-state index contributed by atoms with van der Waals surface area (Å²) >= 11 is 0. The van der Waals surface area contributed by atoms with E-state index in [2.05, 4.69) is 24.4 Å². The predicted molar refractivity (Wildman–Crippen MR) is 55.9 cm³/mol. The van der Waals surface area contributed by atoms with Crippen LogP contribution < -0.4 is 5.32 Å². The van der Waals surface area contributed by atoms with Gasteiger partial charge in [0.2, 0.25) is 0 Å². The standard InChI is InChI=1S/C12H14N2/c1-9-7-10(8-13)4-5-11(9)12-3-2-6-14-12/h4-5,7,12,14H,2-3,6H2,1H3/t12-/m0/s1. The second-order valence-electron chi connectivity index (χ2n) is 3.83. The topological polar surface area (TPSA) is 35.8 Å². The van der Waals surface area contributed by atoms with E-state index in [0.717, 1.165) is 12.1 Å². The first kappa shape index (κ1) is 9.23. The van der Waals surface area contributed by atoms with Gasteiger partial charge in [-0.1, -0.05) is 6.07 Å². The van der Waals surface area contributed by atoms with Gasteiger partial charge in [-0.2, -0.15) is 5.26 Å². The number of nitrogens with zero attached hydrogens (tertiary/aromatic N) is 1. The molecule has 1 heterocycles. The van der Waals surface area contributed by atoms with Gasteiger partial charge in [-0.15, -0.1) is 0 Å². The van der Waals surface area contributed by atoms with Gasteiger partial charge in [-0.05, 0) is 49.6 Å². The molecule has 0 unspecified atom stereocenters. The van der Waals surface area contributed by atoms with Crippen LogP contribution in [0.1, 0.15) is 35.6 Å². The Hall–Kier alpha value is -1.33. The van der Waals surface area contributed by atoms with E-state index in [-0.39, 0.29) is 0 Å². The molecule has 0 spiro atoms. The molecule has 1 aromatic rings. The zero-order chi connectivity index (χ0) is 9.97. The monoisotopic (exact) mass is 186 g/mol. The number of aryl methyl sites for hydroxylation is 1. The maximum atomic E-state index is 8.75. The molecule has 1 atom stereocenters. The quantitative estimate of drug-likeness (QED) is 0.730. The Balaban J connectivity index is 2.30. The van der Waals surface area contributed by atoms with E-state index in [9.17, 15) is 0 Å². The Morgan fingerprint density at radius 3 is 2.93 bits per heavy atom. The third kappa shape index (κ3) is 1.64. The van der Waals surface area contributed by atoms with Crippen LogP contribution in [-0.4, -0.2) is 6.54 Å². The number of hydrogen-bond donors (Lipinski definition) is 1. The number of hydrogen-bond acceptors (Lipinski definition) is 2. The second kappa shape index (κ2) is 3.81. The molecule has 72 valence electrons. The largest absolute Gasteiger partial charge is 0.310 e. The fourth-order valence-electron chi connectivity index (χ4n) is 2.09. The summed E-state index contributed by atoms with van der Waals surface area (Å²) in [6.45, 7) is 3.19. The normalized spacial score (nSPS) is 20.7. The average Bonchev–Trinajstić information content (AvgIpc) is 2.70. The van der Waals surface area contributed by atoms with Crippen LogP contribution in [-0.2, 0) is 0 Å². The Kier molecular flexibility index (Phi) is 2.51. The van der Waals surface area contributed by atoms with Gasteiger partial charge in [0.25, 0.3) is 0 Å². The smallest absolute Gasteiger partial charge is 0.0991 e. The molecule has 2 heteroatoms. The van der Waals surface area contributed by atoms with Gasteiger partial charge in [0.15, 0.2) is 0 Å². The van der Waals surface area contributed by atoms with Gasteiger partial charge in [0, 0.05) is 6.04 Å². The highest BCUT2D eigenvalue weighted by atomic mass is 14.9. The van der Waals surface area contributed by atoms with E-state index in [1.54, 1.807) is 0 Å². The van der Waals surface area contributed by atoms with E-state index in [1.807, 2.05) is 12.1 Å². The molecular weight excluding hydrogens is 172 g/mol. The molecule has 0 saturated carbocycles. The highest BCUT2D eigenvalue weighted by Gasteiger charge is 2.17. The van der Waals surface area contributed by atoms with Crippen molar-refractivity contribution in [1.29, 1.82) is 5.26 Å². The SMILES string of the molecule is Cc1cc(C#N)ccc1[C@@H]1CCCN1. The highest BCUT2D eigenvalue weighted by Crippen LogP contribution is 2.26. The van der Waals surface area contributed by atoms with Gasteiger partial charge < -0.3 is 5.32 Å². The van der Waals surface area contributed by atoms with Crippen molar-refractivity contribution in [3.63, 3.8) is 0 Å². The Bertz CT molecular complexity index is 370. The van der Waals surface area contributed by atoms with Crippen LogP contribution in [0.25, 0.3) is 0 Å². The summed E-state index contributed by atoms with van der Waals surface area (Å²) in [6, 6.07) is 8.62.